The maximum absolute atomic E-state index is 13.1. The molecule has 0 spiro atoms. The number of halogens is 6. The molecule has 166 valence electrons. The van der Waals surface area contributed by atoms with Crippen LogP contribution in [-0.2, 0) is 17.3 Å². The molecule has 1 aliphatic rings. The standard InChI is InChI=1S/C20H18F6N4O/c21-19(22,23)11-12-10-13(20(24,25)26)3-4-15(12)17-16-2-1-7-30(16)18(29-28-17)27-14-5-8-31-9-6-14/h1-4,7,10,14H,5-6,8-9,11H2,(H,27,29). The lowest BCUT2D eigenvalue weighted by atomic mass is 9.98. The van der Waals surface area contributed by atoms with Gasteiger partial charge in [0, 0.05) is 31.0 Å². The lowest BCUT2D eigenvalue weighted by Crippen LogP contribution is -2.29. The van der Waals surface area contributed by atoms with Crippen LogP contribution >= 0.6 is 0 Å². The predicted molar refractivity (Wildman–Crippen MR) is 101 cm³/mol. The van der Waals surface area contributed by atoms with Crippen LogP contribution in [-0.4, -0.2) is 40.0 Å². The highest BCUT2D eigenvalue weighted by Gasteiger charge is 2.34. The fourth-order valence-electron chi connectivity index (χ4n) is 3.63. The van der Waals surface area contributed by atoms with Gasteiger partial charge in [-0.2, -0.15) is 26.3 Å². The van der Waals surface area contributed by atoms with E-state index in [0.29, 0.717) is 30.7 Å². The number of nitrogens with zero attached hydrogens (tertiary/aromatic N) is 3. The molecule has 0 amide bonds. The molecule has 0 radical (unpaired) electrons. The molecule has 3 heterocycles. The molecule has 0 unspecified atom stereocenters. The van der Waals surface area contributed by atoms with Gasteiger partial charge in [-0.15, -0.1) is 10.2 Å². The van der Waals surface area contributed by atoms with Crippen molar-refractivity contribution >= 4 is 11.5 Å². The Morgan fingerprint density at radius 2 is 1.77 bits per heavy atom. The SMILES string of the molecule is FC(F)(F)Cc1cc(C(F)(F)F)ccc1-c1nnc(NC2CCOCC2)n2cccc12. The van der Waals surface area contributed by atoms with Gasteiger partial charge in [-0.25, -0.2) is 0 Å². The fraction of sp³-hybridized carbons (Fsp3) is 0.400. The van der Waals surface area contributed by atoms with E-state index in [1.165, 1.54) is 0 Å². The summed E-state index contributed by atoms with van der Waals surface area (Å²) < 4.78 is 85.5. The Bertz CT molecular complexity index is 1070. The van der Waals surface area contributed by atoms with Gasteiger partial charge in [0.2, 0.25) is 5.95 Å². The van der Waals surface area contributed by atoms with Crippen molar-refractivity contribution in [3.8, 4) is 11.3 Å². The zero-order chi connectivity index (χ0) is 22.2. The molecule has 4 rings (SSSR count). The number of hydrogen-bond donors (Lipinski definition) is 1. The second kappa shape index (κ2) is 8.03. The number of rotatable bonds is 4. The van der Waals surface area contributed by atoms with Gasteiger partial charge in [-0.05, 0) is 42.7 Å². The molecule has 2 aromatic heterocycles. The Hall–Kier alpha value is -2.82. The lowest BCUT2D eigenvalue weighted by molar-refractivity contribution is -0.138. The third kappa shape index (κ3) is 4.76. The summed E-state index contributed by atoms with van der Waals surface area (Å²) in [5.41, 5.74) is -1.18. The quantitative estimate of drug-likeness (QED) is 0.569. The van der Waals surface area contributed by atoms with Crippen molar-refractivity contribution in [2.24, 2.45) is 0 Å². The predicted octanol–water partition coefficient (Wildman–Crippen LogP) is 5.11. The number of ether oxygens (including phenoxy) is 1. The van der Waals surface area contributed by atoms with Crippen molar-refractivity contribution in [3.63, 3.8) is 0 Å². The Morgan fingerprint density at radius 1 is 1.03 bits per heavy atom. The number of fused-ring (bicyclic) bond motifs is 1. The monoisotopic (exact) mass is 444 g/mol. The second-order valence-electron chi connectivity index (χ2n) is 7.33. The molecule has 1 N–H and O–H groups in total. The van der Waals surface area contributed by atoms with Gasteiger partial charge in [0.05, 0.1) is 17.5 Å². The van der Waals surface area contributed by atoms with Crippen LogP contribution in [0.4, 0.5) is 32.3 Å². The Kier molecular flexibility index (Phi) is 5.54. The Labute approximate surface area is 173 Å². The first-order valence-corrected chi connectivity index (χ1v) is 9.57. The molecule has 1 aliphatic heterocycles. The van der Waals surface area contributed by atoms with Gasteiger partial charge in [-0.1, -0.05) is 6.07 Å². The number of aromatic nitrogens is 3. The highest BCUT2D eigenvalue weighted by atomic mass is 19.4. The van der Waals surface area contributed by atoms with Crippen molar-refractivity contribution in [1.82, 2.24) is 14.6 Å². The number of hydrogen-bond acceptors (Lipinski definition) is 4. The van der Waals surface area contributed by atoms with E-state index in [1.54, 1.807) is 22.7 Å². The minimum Gasteiger partial charge on any atom is -0.381 e. The van der Waals surface area contributed by atoms with E-state index >= 15 is 0 Å². The number of anilines is 1. The van der Waals surface area contributed by atoms with Gasteiger partial charge in [0.1, 0.15) is 5.69 Å². The summed E-state index contributed by atoms with van der Waals surface area (Å²) in [6, 6.07) is 5.71. The maximum Gasteiger partial charge on any atom is 0.416 e. The first kappa shape index (κ1) is 21.4. The van der Waals surface area contributed by atoms with Crippen LogP contribution < -0.4 is 5.32 Å². The molecule has 0 aliphatic carbocycles. The van der Waals surface area contributed by atoms with E-state index in [1.807, 2.05) is 0 Å². The first-order valence-electron chi connectivity index (χ1n) is 9.57. The van der Waals surface area contributed by atoms with E-state index in [4.69, 9.17) is 4.74 Å². The average molecular weight is 444 g/mol. The molecule has 31 heavy (non-hydrogen) atoms. The van der Waals surface area contributed by atoms with E-state index < -0.39 is 29.9 Å². The number of benzene rings is 1. The summed E-state index contributed by atoms with van der Waals surface area (Å²) in [6.07, 6.45) is -7.76. The Morgan fingerprint density at radius 3 is 2.45 bits per heavy atom. The highest BCUT2D eigenvalue weighted by Crippen LogP contribution is 2.36. The second-order valence-corrected chi connectivity index (χ2v) is 7.33. The summed E-state index contributed by atoms with van der Waals surface area (Å²) in [4.78, 5) is 0. The first-order chi connectivity index (χ1) is 14.6. The van der Waals surface area contributed by atoms with Crippen molar-refractivity contribution in [3.05, 3.63) is 47.7 Å². The minimum atomic E-state index is -4.76. The largest absolute Gasteiger partial charge is 0.416 e. The summed E-state index contributed by atoms with van der Waals surface area (Å²) in [5.74, 6) is 0.403. The molecular weight excluding hydrogens is 426 g/mol. The summed E-state index contributed by atoms with van der Waals surface area (Å²) in [6.45, 7) is 1.20. The molecule has 5 nitrogen and oxygen atoms in total. The van der Waals surface area contributed by atoms with Gasteiger partial charge in [0.25, 0.3) is 0 Å². The molecule has 11 heteroatoms. The lowest BCUT2D eigenvalue weighted by Gasteiger charge is -2.24. The van der Waals surface area contributed by atoms with Crippen molar-refractivity contribution in [2.75, 3.05) is 18.5 Å². The highest BCUT2D eigenvalue weighted by molar-refractivity contribution is 5.80. The molecule has 3 aromatic rings. The van der Waals surface area contributed by atoms with Crippen LogP contribution in [0.25, 0.3) is 16.8 Å². The molecular formula is C20H18F6N4O. The third-order valence-electron chi connectivity index (χ3n) is 5.10. The van der Waals surface area contributed by atoms with Crippen LogP contribution in [0.5, 0.6) is 0 Å². The normalized spacial score (nSPS) is 16.1. The molecule has 1 aromatic carbocycles. The van der Waals surface area contributed by atoms with Gasteiger partial charge in [0.15, 0.2) is 0 Å². The van der Waals surface area contributed by atoms with Crippen molar-refractivity contribution in [1.29, 1.82) is 0 Å². The molecule has 1 fully saturated rings. The van der Waals surface area contributed by atoms with E-state index in [0.717, 1.165) is 25.0 Å². The summed E-state index contributed by atoms with van der Waals surface area (Å²) in [7, 11) is 0. The smallest absolute Gasteiger partial charge is 0.381 e. The molecule has 0 atom stereocenters. The summed E-state index contributed by atoms with van der Waals surface area (Å²) in [5, 5.41) is 11.5. The van der Waals surface area contributed by atoms with Gasteiger partial charge < -0.3 is 10.1 Å². The van der Waals surface area contributed by atoms with Crippen molar-refractivity contribution < 1.29 is 31.1 Å². The van der Waals surface area contributed by atoms with Crippen LogP contribution in [0.1, 0.15) is 24.0 Å². The molecule has 0 bridgehead atoms. The maximum atomic E-state index is 13.1. The third-order valence-corrected chi connectivity index (χ3v) is 5.10. The molecule has 1 saturated heterocycles. The molecule has 0 saturated carbocycles. The fourth-order valence-corrected chi connectivity index (χ4v) is 3.63. The summed E-state index contributed by atoms with van der Waals surface area (Å²) >= 11 is 0. The van der Waals surface area contributed by atoms with E-state index in [9.17, 15) is 26.3 Å². The van der Waals surface area contributed by atoms with Crippen LogP contribution in [0.3, 0.4) is 0 Å². The zero-order valence-electron chi connectivity index (χ0n) is 16.1. The van der Waals surface area contributed by atoms with Gasteiger partial charge >= 0.3 is 12.4 Å². The van der Waals surface area contributed by atoms with Gasteiger partial charge in [-0.3, -0.25) is 4.40 Å². The number of alkyl halides is 6. The number of nitrogens with one attached hydrogen (secondary N) is 1. The Balaban J connectivity index is 1.77. The topological polar surface area (TPSA) is 51.5 Å². The van der Waals surface area contributed by atoms with E-state index in [2.05, 4.69) is 15.5 Å². The van der Waals surface area contributed by atoms with Crippen LogP contribution in [0.15, 0.2) is 36.5 Å². The van der Waals surface area contributed by atoms with E-state index in [-0.39, 0.29) is 17.3 Å². The van der Waals surface area contributed by atoms with Crippen LogP contribution in [0, 0.1) is 0 Å². The van der Waals surface area contributed by atoms with Crippen molar-refractivity contribution in [2.45, 2.75) is 37.7 Å². The zero-order valence-corrected chi connectivity index (χ0v) is 16.1. The van der Waals surface area contributed by atoms with Crippen LogP contribution in [0.2, 0.25) is 0 Å². The minimum absolute atomic E-state index is 0.0425. The average Bonchev–Trinajstić information content (AvgIpc) is 3.18.